The van der Waals surface area contributed by atoms with E-state index < -0.39 is 121 Å². The van der Waals surface area contributed by atoms with Crippen LogP contribution in [0.25, 0.3) is 0 Å². The molecule has 0 aliphatic carbocycles. The van der Waals surface area contributed by atoms with Crippen molar-refractivity contribution in [3.05, 3.63) is 107 Å². The highest BCUT2D eigenvalue weighted by molar-refractivity contribution is 7.91. The molecule has 0 radical (unpaired) electrons. The summed E-state index contributed by atoms with van der Waals surface area (Å²) in [5.41, 5.74) is 10.3. The van der Waals surface area contributed by atoms with Gasteiger partial charge in [0.25, 0.3) is 10.1 Å². The largest absolute Gasteiger partial charge is 0.478 e. The van der Waals surface area contributed by atoms with Crippen LogP contribution >= 0.6 is 0 Å². The number of carbonyl (C=O) groups is 1. The molecule has 0 fully saturated rings. The Kier molecular flexibility index (Phi) is 19.7. The number of carboxylic acids is 1. The molecule has 34 heteroatoms. The number of aliphatic hydroxyl groups is 1. The molecule has 384 valence electrons. The third-order valence-corrected chi connectivity index (χ3v) is 12.5. The molecule has 5 aromatic carbocycles. The minimum atomic E-state index is -5.17. The zero-order valence-electron chi connectivity index (χ0n) is 36.6. The summed E-state index contributed by atoms with van der Waals surface area (Å²) in [6.07, 6.45) is 0.614. The van der Waals surface area contributed by atoms with E-state index in [0.29, 0.717) is 12.1 Å². The number of carboxylic acid groups (broad SMARTS) is 1. The average Bonchev–Trinajstić information content (AvgIpc) is 3.28. The highest BCUT2D eigenvalue weighted by Crippen LogP contribution is 2.49. The van der Waals surface area contributed by atoms with Crippen LogP contribution < -0.4 is 11.5 Å². The molecule has 0 atom stereocenters. The number of aliphatic hydroxyl groups excluding tert-OH is 1. The molecule has 0 heterocycles. The Balaban J connectivity index is 0.00000271. The van der Waals surface area contributed by atoms with E-state index in [0.717, 1.165) is 47.5 Å². The zero-order chi connectivity index (χ0) is 53.6. The van der Waals surface area contributed by atoms with Gasteiger partial charge in [-0.05, 0) is 86.0 Å². The van der Waals surface area contributed by atoms with Gasteiger partial charge in [0.15, 0.2) is 9.84 Å². The molecular formula is C38H38N10O19S5. The van der Waals surface area contributed by atoms with Gasteiger partial charge in [-0.2, -0.15) is 45.7 Å². The summed E-state index contributed by atoms with van der Waals surface area (Å²) in [5.74, 6) is -2.60. The van der Waals surface area contributed by atoms with Crippen LogP contribution in [0.1, 0.15) is 33.5 Å². The molecule has 0 saturated heterocycles. The van der Waals surface area contributed by atoms with Crippen LogP contribution in [0.2, 0.25) is 0 Å². The number of anilines is 2. The topological polar surface area (TPSA) is 475 Å². The van der Waals surface area contributed by atoms with Gasteiger partial charge >= 0.3 is 37.4 Å². The molecule has 72 heavy (non-hydrogen) atoms. The summed E-state index contributed by atoms with van der Waals surface area (Å²) in [4.78, 5) is 11.7. The number of hydrogen-bond acceptors (Lipinski definition) is 25. The normalized spacial score (nSPS) is 12.5. The van der Waals surface area contributed by atoms with E-state index in [2.05, 4.69) is 49.3 Å². The van der Waals surface area contributed by atoms with Crippen molar-refractivity contribution in [3.63, 3.8) is 0 Å². The Hall–Kier alpha value is -7.25. The van der Waals surface area contributed by atoms with Gasteiger partial charge in [0.1, 0.15) is 33.2 Å². The number of nitrogens with two attached hydrogens (primary N) is 2. The maximum absolute atomic E-state index is 12.9. The number of aryl methyl sites for hydroxylation is 2. The lowest BCUT2D eigenvalue weighted by molar-refractivity contribution is 0.0698. The summed E-state index contributed by atoms with van der Waals surface area (Å²) in [6.45, 7) is -0.118. The van der Waals surface area contributed by atoms with Gasteiger partial charge in [-0.15, -0.1) is 33.1 Å². The zero-order valence-corrected chi connectivity index (χ0v) is 40.6. The Morgan fingerprint density at radius 3 is 1.54 bits per heavy atom. The monoisotopic (exact) mass is 1100 g/mol. The highest BCUT2D eigenvalue weighted by atomic mass is 32.3. The lowest BCUT2D eigenvalue weighted by Gasteiger charge is -2.13. The molecule has 0 aliphatic heterocycles. The molecule has 9 N–H and O–H groups in total. The van der Waals surface area contributed by atoms with Crippen LogP contribution in [-0.2, 0) is 72.8 Å². The molecule has 0 aromatic heterocycles. The molecule has 0 unspecified atom stereocenters. The van der Waals surface area contributed by atoms with Gasteiger partial charge in [-0.25, -0.2) is 21.6 Å². The van der Waals surface area contributed by atoms with Crippen molar-refractivity contribution >= 4 is 114 Å². The van der Waals surface area contributed by atoms with Crippen molar-refractivity contribution < 1.29 is 83.3 Å². The van der Waals surface area contributed by atoms with Crippen molar-refractivity contribution in [1.29, 1.82) is 0 Å². The second-order valence-electron chi connectivity index (χ2n) is 14.1. The van der Waals surface area contributed by atoms with Gasteiger partial charge in [0.2, 0.25) is 0 Å². The van der Waals surface area contributed by atoms with E-state index in [1.54, 1.807) is 36.4 Å². The number of nitrogen functional groups attached to an aromatic ring is 2. The summed E-state index contributed by atoms with van der Waals surface area (Å²) < 4.78 is 155. The molecule has 0 bridgehead atoms. The van der Waals surface area contributed by atoms with Gasteiger partial charge in [0, 0.05) is 5.56 Å². The maximum atomic E-state index is 12.9. The third kappa shape index (κ3) is 17.6. The third-order valence-electron chi connectivity index (χ3n) is 8.97. The number of rotatable bonds is 21. The van der Waals surface area contributed by atoms with Gasteiger partial charge in [0.05, 0.1) is 64.6 Å². The van der Waals surface area contributed by atoms with Crippen molar-refractivity contribution in [3.8, 4) is 0 Å². The Bertz CT molecular complexity index is 3520. The quantitative estimate of drug-likeness (QED) is 0.0176. The molecule has 29 nitrogen and oxygen atoms in total. The second kappa shape index (κ2) is 24.7. The van der Waals surface area contributed by atoms with Gasteiger partial charge in [-0.1, -0.05) is 29.8 Å². The molecule has 0 spiro atoms. The van der Waals surface area contributed by atoms with E-state index in [4.69, 9.17) is 33.2 Å². The van der Waals surface area contributed by atoms with Crippen LogP contribution in [0.5, 0.6) is 0 Å². The fourth-order valence-corrected chi connectivity index (χ4v) is 8.12. The average molecular weight is 1100 g/mol. The van der Waals surface area contributed by atoms with Crippen LogP contribution in [0.15, 0.2) is 136 Å². The lowest BCUT2D eigenvalue weighted by Crippen LogP contribution is -2.15. The first-order valence-electron chi connectivity index (χ1n) is 19.5. The van der Waals surface area contributed by atoms with Crippen molar-refractivity contribution in [2.24, 2.45) is 40.9 Å². The minimum Gasteiger partial charge on any atom is -0.478 e. The number of hydrogen-bond donors (Lipinski definition) is 7. The highest BCUT2D eigenvalue weighted by Gasteiger charge is 2.28. The Morgan fingerprint density at radius 2 is 1.06 bits per heavy atom. The summed E-state index contributed by atoms with van der Waals surface area (Å²) in [5, 5.41) is 52.8. The number of aromatic carboxylic acids is 1. The van der Waals surface area contributed by atoms with Crippen molar-refractivity contribution in [1.82, 2.24) is 0 Å². The molecular weight excluding hydrogens is 1060 g/mol. The number of sulfone groups is 1. The van der Waals surface area contributed by atoms with E-state index in [1.807, 2.05) is 6.92 Å². The molecule has 5 aromatic rings. The molecule has 0 saturated carbocycles. The van der Waals surface area contributed by atoms with Crippen LogP contribution in [0.4, 0.5) is 56.9 Å². The van der Waals surface area contributed by atoms with Crippen molar-refractivity contribution in [2.75, 3.05) is 30.4 Å². The Morgan fingerprint density at radius 1 is 0.611 bits per heavy atom. The van der Waals surface area contributed by atoms with Gasteiger partial charge < -0.3 is 21.7 Å². The van der Waals surface area contributed by atoms with Crippen molar-refractivity contribution in [2.45, 2.75) is 36.2 Å². The number of azo groups is 4. The van der Waals surface area contributed by atoms with E-state index in [1.165, 1.54) is 12.1 Å². The number of benzene rings is 5. The molecule has 5 rings (SSSR count). The molecule has 0 amide bonds. The molecule has 0 aliphatic rings. The van der Waals surface area contributed by atoms with E-state index >= 15 is 0 Å². The number of nitrogens with zero attached hydrogens (tertiary/aromatic N) is 8. The minimum absolute atomic E-state index is 0.0673. The summed E-state index contributed by atoms with van der Waals surface area (Å²) in [7, 11) is -21.9. The van der Waals surface area contributed by atoms with Crippen LogP contribution in [-0.4, -0.2) is 95.1 Å². The summed E-state index contributed by atoms with van der Waals surface area (Å²) >= 11 is 0. The predicted molar refractivity (Wildman–Crippen MR) is 250 cm³/mol. The van der Waals surface area contributed by atoms with Crippen LogP contribution in [0.3, 0.4) is 0 Å². The Labute approximate surface area is 410 Å². The second-order valence-corrected chi connectivity index (χ2v) is 20.1. The first kappa shape index (κ1) is 57.3. The van der Waals surface area contributed by atoms with E-state index in [-0.39, 0.29) is 40.5 Å². The van der Waals surface area contributed by atoms with Crippen LogP contribution in [0, 0.1) is 6.92 Å². The van der Waals surface area contributed by atoms with Gasteiger partial charge in [-0.3, -0.25) is 13.7 Å². The maximum Gasteiger partial charge on any atom is 0.425 e. The summed E-state index contributed by atoms with van der Waals surface area (Å²) in [6, 6.07) is 19.2. The standard InChI is InChI=1S/C38H38N10O16S4.O3S/c1-22-4-8-25(9-5-22)43-48-37-33(39)35(46-42-27-12-14-28(15-13-27)65(52,53)18-17-64-68(60,61)62)32(38(50)51)36(34(37)40)47-45-30-19-24(21-49)29(20-31(30)66(54,55)56)44-41-26-10-6-23(7-11-26)3-2-16-63-67(57,58)59;1-4(2)3/h4-15,19-20,49H,2-3,16-18,21,39-40H2,1H3,(H,50,51)(H,54,55,56)(H,57,58,59)(H,60,61,62);. The first-order chi connectivity index (χ1) is 33.6. The van der Waals surface area contributed by atoms with E-state index in [9.17, 15) is 53.2 Å². The fourth-order valence-electron chi connectivity index (χ4n) is 5.67. The predicted octanol–water partition coefficient (Wildman–Crippen LogP) is 6.60. The SMILES string of the molecule is Cc1ccc(N=Nc2c(N)c(N=Nc3ccc(S(=O)(=O)CCOS(=O)(=O)O)cc3)c(C(=O)O)c(N=Nc3cc(CO)c(N=Nc4ccc(CCCOS(=O)(=O)O)cc4)cc3S(=O)(=O)O)c2N)cc1.O=S(=O)=O. The first-order valence-corrected chi connectivity index (χ1v) is 26.3. The lowest BCUT2D eigenvalue weighted by atomic mass is 10.1. The fraction of sp³-hybridized carbons (Fsp3) is 0.184. The smallest absolute Gasteiger partial charge is 0.425 e.